The highest BCUT2D eigenvalue weighted by molar-refractivity contribution is 5.79. The van der Waals surface area contributed by atoms with Crippen LogP contribution in [0, 0.1) is 17.8 Å². The molecule has 1 saturated heterocycles. The molecule has 0 aromatic heterocycles. The number of amides is 1. The Bertz CT molecular complexity index is 318. The average Bonchev–Trinajstić information content (AvgIpc) is 2.70. The first kappa shape index (κ1) is 16.0. The van der Waals surface area contributed by atoms with Crippen molar-refractivity contribution in [1.29, 1.82) is 0 Å². The van der Waals surface area contributed by atoms with E-state index in [9.17, 15) is 9.59 Å². The summed E-state index contributed by atoms with van der Waals surface area (Å²) in [4.78, 5) is 22.9. The Kier molecular flexibility index (Phi) is 6.28. The molecule has 1 aliphatic heterocycles. The van der Waals surface area contributed by atoms with Gasteiger partial charge < -0.3 is 15.7 Å². The Balaban J connectivity index is 2.41. The van der Waals surface area contributed by atoms with E-state index in [2.05, 4.69) is 24.5 Å². The first-order valence-corrected chi connectivity index (χ1v) is 7.13. The SMILES string of the molecule is CC(C)C[C@H](CNC(=O)C1CCNC1C)CC(=O)O. The summed E-state index contributed by atoms with van der Waals surface area (Å²) in [6.45, 7) is 7.50. The van der Waals surface area contributed by atoms with E-state index in [1.54, 1.807) is 0 Å². The summed E-state index contributed by atoms with van der Waals surface area (Å²) in [5, 5.41) is 15.1. The third kappa shape index (κ3) is 5.59. The van der Waals surface area contributed by atoms with Crippen LogP contribution in [0.4, 0.5) is 0 Å². The van der Waals surface area contributed by atoms with Crippen molar-refractivity contribution in [2.75, 3.05) is 13.1 Å². The predicted octanol–water partition coefficient (Wildman–Crippen LogP) is 1.24. The number of carbonyl (C=O) groups excluding carboxylic acids is 1. The maximum absolute atomic E-state index is 12.0. The van der Waals surface area contributed by atoms with Gasteiger partial charge in [0.25, 0.3) is 0 Å². The molecule has 3 N–H and O–H groups in total. The van der Waals surface area contributed by atoms with Gasteiger partial charge in [0.15, 0.2) is 0 Å². The van der Waals surface area contributed by atoms with Crippen molar-refractivity contribution in [3.05, 3.63) is 0 Å². The van der Waals surface area contributed by atoms with Gasteiger partial charge in [0, 0.05) is 19.0 Å². The first-order valence-electron chi connectivity index (χ1n) is 7.13. The maximum atomic E-state index is 12.0. The van der Waals surface area contributed by atoms with Crippen molar-refractivity contribution in [3.8, 4) is 0 Å². The fourth-order valence-corrected chi connectivity index (χ4v) is 2.75. The molecule has 19 heavy (non-hydrogen) atoms. The average molecular weight is 270 g/mol. The lowest BCUT2D eigenvalue weighted by atomic mass is 9.93. The van der Waals surface area contributed by atoms with E-state index in [1.165, 1.54) is 0 Å². The minimum atomic E-state index is -0.796. The van der Waals surface area contributed by atoms with Crippen LogP contribution in [-0.2, 0) is 9.59 Å². The number of nitrogens with one attached hydrogen (secondary N) is 2. The third-order valence-corrected chi connectivity index (χ3v) is 3.69. The van der Waals surface area contributed by atoms with Crippen molar-refractivity contribution in [2.24, 2.45) is 17.8 Å². The van der Waals surface area contributed by atoms with E-state index in [0.29, 0.717) is 12.5 Å². The van der Waals surface area contributed by atoms with Gasteiger partial charge in [0.2, 0.25) is 5.91 Å². The molecule has 3 atom stereocenters. The van der Waals surface area contributed by atoms with Gasteiger partial charge >= 0.3 is 5.97 Å². The highest BCUT2D eigenvalue weighted by Gasteiger charge is 2.29. The molecule has 1 amide bonds. The van der Waals surface area contributed by atoms with Crippen LogP contribution in [0.25, 0.3) is 0 Å². The van der Waals surface area contributed by atoms with Crippen molar-refractivity contribution in [3.63, 3.8) is 0 Å². The van der Waals surface area contributed by atoms with Crippen molar-refractivity contribution < 1.29 is 14.7 Å². The van der Waals surface area contributed by atoms with E-state index in [0.717, 1.165) is 19.4 Å². The van der Waals surface area contributed by atoms with Crippen LogP contribution in [0.3, 0.4) is 0 Å². The van der Waals surface area contributed by atoms with Gasteiger partial charge in [-0.2, -0.15) is 0 Å². The summed E-state index contributed by atoms with van der Waals surface area (Å²) >= 11 is 0. The Morgan fingerprint density at radius 2 is 2.11 bits per heavy atom. The largest absolute Gasteiger partial charge is 0.481 e. The molecule has 0 spiro atoms. The molecule has 110 valence electrons. The standard InChI is InChI=1S/C14H26N2O3/c1-9(2)6-11(7-13(17)18)8-16-14(19)12-4-5-15-10(12)3/h9-12,15H,4-8H2,1-3H3,(H,16,19)(H,17,18)/t10?,11-,12?/m0/s1. The second-order valence-corrected chi connectivity index (χ2v) is 5.98. The monoisotopic (exact) mass is 270 g/mol. The van der Waals surface area contributed by atoms with E-state index < -0.39 is 5.97 Å². The molecule has 1 fully saturated rings. The van der Waals surface area contributed by atoms with Crippen molar-refractivity contribution in [2.45, 2.75) is 46.1 Å². The topological polar surface area (TPSA) is 78.4 Å². The number of rotatable bonds is 7. The summed E-state index contributed by atoms with van der Waals surface area (Å²) in [7, 11) is 0. The molecule has 0 radical (unpaired) electrons. The first-order chi connectivity index (χ1) is 8.90. The molecule has 0 bridgehead atoms. The lowest BCUT2D eigenvalue weighted by Gasteiger charge is -2.20. The second-order valence-electron chi connectivity index (χ2n) is 5.98. The number of hydrogen-bond donors (Lipinski definition) is 3. The Hall–Kier alpha value is -1.10. The van der Waals surface area contributed by atoms with Crippen molar-refractivity contribution >= 4 is 11.9 Å². The van der Waals surface area contributed by atoms with Crippen LogP contribution < -0.4 is 10.6 Å². The quantitative estimate of drug-likeness (QED) is 0.650. The molecule has 2 unspecified atom stereocenters. The Labute approximate surface area is 115 Å². The minimum Gasteiger partial charge on any atom is -0.481 e. The molecule has 0 aromatic rings. The highest BCUT2D eigenvalue weighted by Crippen LogP contribution is 2.17. The summed E-state index contributed by atoms with van der Waals surface area (Å²) in [6.07, 6.45) is 1.81. The molecular weight excluding hydrogens is 244 g/mol. The van der Waals surface area contributed by atoms with Crippen LogP contribution in [0.5, 0.6) is 0 Å². The molecule has 0 aromatic carbocycles. The fourth-order valence-electron chi connectivity index (χ4n) is 2.75. The number of carbonyl (C=O) groups is 2. The minimum absolute atomic E-state index is 0.0181. The van der Waals surface area contributed by atoms with Gasteiger partial charge in [-0.1, -0.05) is 13.8 Å². The van der Waals surface area contributed by atoms with E-state index in [-0.39, 0.29) is 30.2 Å². The zero-order valence-corrected chi connectivity index (χ0v) is 12.1. The normalized spacial score (nSPS) is 24.4. The number of aliphatic carboxylic acids is 1. The Morgan fingerprint density at radius 3 is 2.58 bits per heavy atom. The van der Waals surface area contributed by atoms with E-state index in [1.807, 2.05) is 6.92 Å². The molecule has 1 heterocycles. The fraction of sp³-hybridized carbons (Fsp3) is 0.857. The second kappa shape index (κ2) is 7.48. The molecular formula is C14H26N2O3. The van der Waals surface area contributed by atoms with Gasteiger partial charge in [0.1, 0.15) is 0 Å². The molecule has 1 aliphatic rings. The maximum Gasteiger partial charge on any atom is 0.303 e. The van der Waals surface area contributed by atoms with Gasteiger partial charge in [-0.05, 0) is 38.1 Å². The van der Waals surface area contributed by atoms with Gasteiger partial charge in [-0.15, -0.1) is 0 Å². The zero-order chi connectivity index (χ0) is 14.4. The Morgan fingerprint density at radius 1 is 1.42 bits per heavy atom. The van der Waals surface area contributed by atoms with Gasteiger partial charge in [0.05, 0.1) is 5.92 Å². The van der Waals surface area contributed by atoms with Crippen LogP contribution >= 0.6 is 0 Å². The number of hydrogen-bond acceptors (Lipinski definition) is 3. The molecule has 0 saturated carbocycles. The molecule has 1 rings (SSSR count). The lowest BCUT2D eigenvalue weighted by molar-refractivity contribution is -0.138. The zero-order valence-electron chi connectivity index (χ0n) is 12.1. The van der Waals surface area contributed by atoms with Crippen molar-refractivity contribution in [1.82, 2.24) is 10.6 Å². The molecule has 0 aliphatic carbocycles. The summed E-state index contributed by atoms with van der Waals surface area (Å²) in [6, 6.07) is 0.211. The van der Waals surface area contributed by atoms with Crippen LogP contribution in [0.15, 0.2) is 0 Å². The third-order valence-electron chi connectivity index (χ3n) is 3.69. The summed E-state index contributed by atoms with van der Waals surface area (Å²) in [5.41, 5.74) is 0. The molecule has 5 nitrogen and oxygen atoms in total. The predicted molar refractivity (Wildman–Crippen MR) is 73.8 cm³/mol. The van der Waals surface area contributed by atoms with E-state index in [4.69, 9.17) is 5.11 Å². The number of carboxylic acids is 1. The van der Waals surface area contributed by atoms with Crippen LogP contribution in [0.2, 0.25) is 0 Å². The smallest absolute Gasteiger partial charge is 0.303 e. The summed E-state index contributed by atoms with van der Waals surface area (Å²) in [5.74, 6) is -0.267. The number of carboxylic acid groups (broad SMARTS) is 1. The van der Waals surface area contributed by atoms with Crippen LogP contribution in [-0.4, -0.2) is 36.1 Å². The molecule has 5 heteroatoms. The van der Waals surface area contributed by atoms with E-state index >= 15 is 0 Å². The van der Waals surface area contributed by atoms with Gasteiger partial charge in [-0.3, -0.25) is 9.59 Å². The summed E-state index contributed by atoms with van der Waals surface area (Å²) < 4.78 is 0. The highest BCUT2D eigenvalue weighted by atomic mass is 16.4. The van der Waals surface area contributed by atoms with Gasteiger partial charge in [-0.25, -0.2) is 0 Å². The van der Waals surface area contributed by atoms with Crippen LogP contribution in [0.1, 0.15) is 40.0 Å². The lowest BCUT2D eigenvalue weighted by Crippen LogP contribution is -2.39.